The standard InChI is InChI=1S/C27H32FN3O2/c1-18(26-10-11-27(32)30-26)29-13-19-2-4-20(5-3-19)14-31-15-22-8-9-23(33-17-21-6-7-21)12-24(22)25(28)16-31/h2-5,8-9,12,21,25-26,29H,1,6-7,10-11,13-17H2,(H,30,32). The Labute approximate surface area is 195 Å². The number of benzene rings is 2. The summed E-state index contributed by atoms with van der Waals surface area (Å²) in [6, 6.07) is 14.3. The summed E-state index contributed by atoms with van der Waals surface area (Å²) in [5.41, 5.74) is 4.99. The zero-order chi connectivity index (χ0) is 22.8. The average Bonchev–Trinajstić information content (AvgIpc) is 3.55. The molecule has 2 aromatic carbocycles. The lowest BCUT2D eigenvalue weighted by Gasteiger charge is -2.31. The van der Waals surface area contributed by atoms with E-state index in [1.165, 1.54) is 18.4 Å². The number of nitrogens with one attached hydrogen (secondary N) is 2. The fourth-order valence-corrected chi connectivity index (χ4v) is 4.58. The van der Waals surface area contributed by atoms with Crippen LogP contribution >= 0.6 is 0 Å². The molecule has 6 heteroatoms. The minimum Gasteiger partial charge on any atom is -0.493 e. The number of hydrogen-bond acceptors (Lipinski definition) is 4. The monoisotopic (exact) mass is 449 g/mol. The Morgan fingerprint density at radius 3 is 2.67 bits per heavy atom. The Morgan fingerprint density at radius 1 is 1.15 bits per heavy atom. The van der Waals surface area contributed by atoms with Crippen molar-refractivity contribution in [2.75, 3.05) is 13.2 Å². The maximum atomic E-state index is 15.0. The largest absolute Gasteiger partial charge is 0.493 e. The van der Waals surface area contributed by atoms with Crippen molar-refractivity contribution >= 4 is 5.91 Å². The van der Waals surface area contributed by atoms with E-state index < -0.39 is 6.17 Å². The fourth-order valence-electron chi connectivity index (χ4n) is 4.58. The van der Waals surface area contributed by atoms with Crippen LogP contribution in [0.1, 0.15) is 54.1 Å². The maximum Gasteiger partial charge on any atom is 0.220 e. The second-order valence-electron chi connectivity index (χ2n) is 9.61. The Hall–Kier alpha value is -2.86. The van der Waals surface area contributed by atoms with Gasteiger partial charge in [-0.3, -0.25) is 9.69 Å². The summed E-state index contributed by atoms with van der Waals surface area (Å²) in [7, 11) is 0. The molecule has 0 radical (unpaired) electrons. The van der Waals surface area contributed by atoms with Crippen LogP contribution < -0.4 is 15.4 Å². The van der Waals surface area contributed by atoms with E-state index in [9.17, 15) is 9.18 Å². The van der Waals surface area contributed by atoms with Gasteiger partial charge in [-0.05, 0) is 59.6 Å². The molecule has 2 aliphatic heterocycles. The molecule has 5 nitrogen and oxygen atoms in total. The third kappa shape index (κ3) is 5.56. The van der Waals surface area contributed by atoms with E-state index in [1.807, 2.05) is 18.2 Å². The van der Waals surface area contributed by atoms with E-state index in [4.69, 9.17) is 4.74 Å². The molecular formula is C27H32FN3O2. The summed E-state index contributed by atoms with van der Waals surface area (Å²) < 4.78 is 20.8. The minimum atomic E-state index is -0.996. The predicted molar refractivity (Wildman–Crippen MR) is 126 cm³/mol. The molecule has 2 aromatic rings. The number of fused-ring (bicyclic) bond motifs is 1. The topological polar surface area (TPSA) is 53.6 Å². The number of halogens is 1. The van der Waals surface area contributed by atoms with E-state index in [2.05, 4.69) is 46.4 Å². The van der Waals surface area contributed by atoms with Crippen LogP contribution in [0.4, 0.5) is 4.39 Å². The van der Waals surface area contributed by atoms with Gasteiger partial charge in [0.05, 0.1) is 12.6 Å². The first kappa shape index (κ1) is 22.0. The summed E-state index contributed by atoms with van der Waals surface area (Å²) in [5.74, 6) is 1.57. The number of alkyl halides is 1. The first-order valence-corrected chi connectivity index (χ1v) is 12.0. The molecule has 1 saturated heterocycles. The molecule has 2 unspecified atom stereocenters. The van der Waals surface area contributed by atoms with Gasteiger partial charge in [0, 0.05) is 38.3 Å². The molecule has 1 amide bonds. The molecule has 2 heterocycles. The molecule has 0 aromatic heterocycles. The number of amides is 1. The smallest absolute Gasteiger partial charge is 0.220 e. The summed E-state index contributed by atoms with van der Waals surface area (Å²) >= 11 is 0. The van der Waals surface area contributed by atoms with Gasteiger partial charge in [0.25, 0.3) is 0 Å². The van der Waals surface area contributed by atoms with Crippen LogP contribution in [0, 0.1) is 5.92 Å². The van der Waals surface area contributed by atoms with Gasteiger partial charge in [0.1, 0.15) is 11.9 Å². The molecule has 1 aliphatic carbocycles. The number of carbonyl (C=O) groups excluding carboxylic acids is 1. The van der Waals surface area contributed by atoms with Gasteiger partial charge in [-0.1, -0.05) is 36.9 Å². The van der Waals surface area contributed by atoms with Gasteiger partial charge in [-0.2, -0.15) is 0 Å². The summed E-state index contributed by atoms with van der Waals surface area (Å²) in [6.45, 7) is 7.33. The van der Waals surface area contributed by atoms with Gasteiger partial charge in [-0.15, -0.1) is 0 Å². The van der Waals surface area contributed by atoms with Crippen molar-refractivity contribution in [3.63, 3.8) is 0 Å². The highest BCUT2D eigenvalue weighted by atomic mass is 19.1. The Balaban J connectivity index is 1.13. The van der Waals surface area contributed by atoms with Gasteiger partial charge in [0.15, 0.2) is 0 Å². The van der Waals surface area contributed by atoms with Crippen LogP contribution in [0.15, 0.2) is 54.7 Å². The number of rotatable bonds is 9. The highest BCUT2D eigenvalue weighted by Gasteiger charge is 2.27. The number of carbonyl (C=O) groups is 1. The molecule has 0 bridgehead atoms. The predicted octanol–water partition coefficient (Wildman–Crippen LogP) is 4.38. The molecule has 33 heavy (non-hydrogen) atoms. The zero-order valence-corrected chi connectivity index (χ0v) is 19.0. The lowest BCUT2D eigenvalue weighted by Crippen LogP contribution is -2.32. The molecule has 5 rings (SSSR count). The highest BCUT2D eigenvalue weighted by molar-refractivity contribution is 5.79. The Bertz CT molecular complexity index is 1020. The third-order valence-corrected chi connectivity index (χ3v) is 6.81. The summed E-state index contributed by atoms with van der Waals surface area (Å²) in [4.78, 5) is 13.5. The van der Waals surface area contributed by atoms with Crippen molar-refractivity contribution in [3.05, 3.63) is 77.0 Å². The van der Waals surface area contributed by atoms with Crippen molar-refractivity contribution in [2.45, 2.75) is 57.5 Å². The van der Waals surface area contributed by atoms with Crippen LogP contribution in [0.5, 0.6) is 5.75 Å². The third-order valence-electron chi connectivity index (χ3n) is 6.81. The number of hydrogen-bond donors (Lipinski definition) is 2. The quantitative estimate of drug-likeness (QED) is 0.597. The van der Waals surface area contributed by atoms with Gasteiger partial charge in [0.2, 0.25) is 5.91 Å². The number of ether oxygens (including phenoxy) is 1. The minimum absolute atomic E-state index is 0.0215. The molecule has 1 saturated carbocycles. The number of nitrogens with zero attached hydrogens (tertiary/aromatic N) is 1. The van der Waals surface area contributed by atoms with Crippen LogP contribution in [0.2, 0.25) is 0 Å². The van der Waals surface area contributed by atoms with Gasteiger partial charge in [-0.25, -0.2) is 4.39 Å². The first-order valence-electron chi connectivity index (χ1n) is 12.0. The van der Waals surface area contributed by atoms with E-state index in [-0.39, 0.29) is 11.9 Å². The molecule has 3 aliphatic rings. The van der Waals surface area contributed by atoms with Gasteiger partial charge < -0.3 is 15.4 Å². The van der Waals surface area contributed by atoms with E-state index in [0.717, 1.165) is 47.7 Å². The lowest BCUT2D eigenvalue weighted by molar-refractivity contribution is -0.119. The highest BCUT2D eigenvalue weighted by Crippen LogP contribution is 2.34. The van der Waals surface area contributed by atoms with Crippen LogP contribution in [0.3, 0.4) is 0 Å². The second-order valence-corrected chi connectivity index (χ2v) is 9.61. The second kappa shape index (κ2) is 9.56. The van der Waals surface area contributed by atoms with Crippen LogP contribution in [-0.2, 0) is 24.4 Å². The van der Waals surface area contributed by atoms with E-state index in [0.29, 0.717) is 32.0 Å². The lowest BCUT2D eigenvalue weighted by atomic mass is 9.97. The van der Waals surface area contributed by atoms with Gasteiger partial charge >= 0.3 is 0 Å². The van der Waals surface area contributed by atoms with Crippen molar-refractivity contribution in [2.24, 2.45) is 5.92 Å². The SMILES string of the molecule is C=C(NCc1ccc(CN2Cc3ccc(OCC4CC4)cc3C(F)C2)cc1)C1CCC(=O)N1. The van der Waals surface area contributed by atoms with E-state index >= 15 is 0 Å². The normalized spacial score (nSPS) is 22.5. The average molecular weight is 450 g/mol. The molecule has 2 atom stereocenters. The van der Waals surface area contributed by atoms with E-state index in [1.54, 1.807) is 0 Å². The molecule has 0 spiro atoms. The van der Waals surface area contributed by atoms with Crippen molar-refractivity contribution in [1.29, 1.82) is 0 Å². The molecule has 2 fully saturated rings. The van der Waals surface area contributed by atoms with Crippen LogP contribution in [0.25, 0.3) is 0 Å². The van der Waals surface area contributed by atoms with Crippen molar-refractivity contribution in [1.82, 2.24) is 15.5 Å². The Morgan fingerprint density at radius 2 is 1.94 bits per heavy atom. The Kier molecular flexibility index (Phi) is 6.36. The summed E-state index contributed by atoms with van der Waals surface area (Å²) in [6.07, 6.45) is 2.86. The van der Waals surface area contributed by atoms with Crippen molar-refractivity contribution in [3.8, 4) is 5.75 Å². The maximum absolute atomic E-state index is 15.0. The summed E-state index contributed by atoms with van der Waals surface area (Å²) in [5, 5.41) is 6.25. The van der Waals surface area contributed by atoms with Crippen LogP contribution in [-0.4, -0.2) is 30.0 Å². The molecule has 2 N–H and O–H groups in total. The fraction of sp³-hybridized carbons (Fsp3) is 0.444. The zero-order valence-electron chi connectivity index (χ0n) is 19.0. The molecule has 174 valence electrons. The first-order chi connectivity index (χ1) is 16.0. The molecular weight excluding hydrogens is 417 g/mol. The van der Waals surface area contributed by atoms with Crippen molar-refractivity contribution < 1.29 is 13.9 Å².